The van der Waals surface area contributed by atoms with Gasteiger partial charge in [0.2, 0.25) is 0 Å². The van der Waals surface area contributed by atoms with Crippen LogP contribution < -0.4 is 10.6 Å². The number of anilines is 1. The van der Waals surface area contributed by atoms with E-state index in [1.54, 1.807) is 12.1 Å². The van der Waals surface area contributed by atoms with Gasteiger partial charge in [-0.25, -0.2) is 4.79 Å². The molecule has 1 aliphatic carbocycles. The van der Waals surface area contributed by atoms with Gasteiger partial charge < -0.3 is 15.4 Å². The SMILES string of the molecule is CC1CC(C)(C)CC2(C1)NC(=O)N(CC(=O)OCC(=O)Nc1ccccc1-c1ccccc1)C2=O. The summed E-state index contributed by atoms with van der Waals surface area (Å²) < 4.78 is 5.09. The number of esters is 1. The highest BCUT2D eigenvalue weighted by Crippen LogP contribution is 2.46. The van der Waals surface area contributed by atoms with Gasteiger partial charge in [-0.1, -0.05) is 69.3 Å². The van der Waals surface area contributed by atoms with Crippen LogP contribution in [0.25, 0.3) is 11.1 Å². The molecule has 2 aliphatic rings. The molecule has 2 N–H and O–H groups in total. The predicted molar refractivity (Wildman–Crippen MR) is 131 cm³/mol. The molecule has 2 atom stereocenters. The van der Waals surface area contributed by atoms with Gasteiger partial charge in [-0.3, -0.25) is 19.3 Å². The molecule has 2 fully saturated rings. The molecule has 0 aromatic heterocycles. The molecule has 1 aliphatic heterocycles. The Labute approximate surface area is 205 Å². The molecule has 8 heteroatoms. The van der Waals surface area contributed by atoms with Crippen molar-refractivity contribution in [3.05, 3.63) is 54.6 Å². The van der Waals surface area contributed by atoms with E-state index in [-0.39, 0.29) is 11.3 Å². The summed E-state index contributed by atoms with van der Waals surface area (Å²) >= 11 is 0. The van der Waals surface area contributed by atoms with Crippen LogP contribution in [0, 0.1) is 11.3 Å². The summed E-state index contributed by atoms with van der Waals surface area (Å²) in [5, 5.41) is 5.59. The number of amides is 4. The first kappa shape index (κ1) is 24.4. The molecule has 35 heavy (non-hydrogen) atoms. The number of nitrogens with zero attached hydrogens (tertiary/aromatic N) is 1. The Morgan fingerprint density at radius 3 is 2.46 bits per heavy atom. The van der Waals surface area contributed by atoms with E-state index in [0.29, 0.717) is 18.5 Å². The lowest BCUT2D eigenvalue weighted by molar-refractivity contribution is -0.150. The topological polar surface area (TPSA) is 105 Å². The van der Waals surface area contributed by atoms with Crippen molar-refractivity contribution in [2.75, 3.05) is 18.5 Å². The lowest BCUT2D eigenvalue weighted by atomic mass is 9.64. The van der Waals surface area contributed by atoms with Crippen molar-refractivity contribution < 1.29 is 23.9 Å². The molecule has 0 bridgehead atoms. The zero-order valence-corrected chi connectivity index (χ0v) is 20.3. The third kappa shape index (κ3) is 5.37. The first-order valence-electron chi connectivity index (χ1n) is 11.8. The molecule has 1 saturated heterocycles. The monoisotopic (exact) mass is 477 g/mol. The zero-order chi connectivity index (χ0) is 25.2. The lowest BCUT2D eigenvalue weighted by Gasteiger charge is -2.43. The molecular formula is C27H31N3O5. The van der Waals surface area contributed by atoms with Crippen LogP contribution in [0.15, 0.2) is 54.6 Å². The standard InChI is InChI=1S/C27H31N3O5/c1-18-13-26(2,3)17-27(14-18)24(33)30(25(34)29-27)15-23(32)35-16-22(31)28-21-12-8-7-11-20(21)19-9-5-4-6-10-19/h4-12,18H,13-17H2,1-3H3,(H,28,31)(H,29,34). The highest BCUT2D eigenvalue weighted by atomic mass is 16.5. The van der Waals surface area contributed by atoms with Crippen LogP contribution in [0.2, 0.25) is 0 Å². The fourth-order valence-electron chi connectivity index (χ4n) is 5.62. The van der Waals surface area contributed by atoms with Crippen LogP contribution in [-0.4, -0.2) is 47.4 Å². The van der Waals surface area contributed by atoms with E-state index < -0.39 is 42.5 Å². The molecule has 8 nitrogen and oxygen atoms in total. The Kier molecular flexibility index (Phi) is 6.65. The molecule has 1 heterocycles. The van der Waals surface area contributed by atoms with Crippen LogP contribution in [0.4, 0.5) is 10.5 Å². The third-order valence-corrected chi connectivity index (χ3v) is 6.56. The van der Waals surface area contributed by atoms with Gasteiger partial charge in [-0.2, -0.15) is 0 Å². The Hall–Kier alpha value is -3.68. The van der Waals surface area contributed by atoms with E-state index in [9.17, 15) is 19.2 Å². The number of urea groups is 1. The van der Waals surface area contributed by atoms with Gasteiger partial charge in [0, 0.05) is 11.3 Å². The van der Waals surface area contributed by atoms with E-state index >= 15 is 0 Å². The Morgan fingerprint density at radius 2 is 1.74 bits per heavy atom. The molecule has 4 amide bonds. The van der Waals surface area contributed by atoms with Crippen LogP contribution in [-0.2, 0) is 19.1 Å². The maximum atomic E-state index is 13.2. The first-order valence-corrected chi connectivity index (χ1v) is 11.8. The van der Waals surface area contributed by atoms with E-state index in [1.165, 1.54) is 0 Å². The number of ether oxygens (including phenoxy) is 1. The fourth-order valence-corrected chi connectivity index (χ4v) is 5.62. The van der Waals surface area contributed by atoms with Crippen molar-refractivity contribution in [1.29, 1.82) is 0 Å². The largest absolute Gasteiger partial charge is 0.454 e. The molecule has 1 saturated carbocycles. The van der Waals surface area contributed by atoms with Crippen LogP contribution in [0.3, 0.4) is 0 Å². The molecular weight excluding hydrogens is 446 g/mol. The minimum atomic E-state index is -0.989. The maximum Gasteiger partial charge on any atom is 0.326 e. The quantitative estimate of drug-likeness (QED) is 0.484. The van der Waals surface area contributed by atoms with E-state index in [0.717, 1.165) is 22.4 Å². The molecule has 1 spiro atoms. The van der Waals surface area contributed by atoms with Crippen molar-refractivity contribution in [3.8, 4) is 11.1 Å². The van der Waals surface area contributed by atoms with Crippen molar-refractivity contribution >= 4 is 29.5 Å². The third-order valence-electron chi connectivity index (χ3n) is 6.56. The van der Waals surface area contributed by atoms with Crippen molar-refractivity contribution in [3.63, 3.8) is 0 Å². The van der Waals surface area contributed by atoms with E-state index in [2.05, 4.69) is 31.4 Å². The second-order valence-corrected chi connectivity index (χ2v) is 10.4. The Balaban J connectivity index is 1.34. The second-order valence-electron chi connectivity index (χ2n) is 10.4. The number of carbonyl (C=O) groups excluding carboxylic acids is 4. The molecule has 2 aromatic carbocycles. The van der Waals surface area contributed by atoms with Crippen LogP contribution in [0.1, 0.15) is 40.0 Å². The number of benzene rings is 2. The number of para-hydroxylation sites is 1. The van der Waals surface area contributed by atoms with E-state index in [1.807, 2.05) is 42.5 Å². The van der Waals surface area contributed by atoms with Crippen molar-refractivity contribution in [2.45, 2.75) is 45.6 Å². The summed E-state index contributed by atoms with van der Waals surface area (Å²) in [6, 6.07) is 16.3. The number of imide groups is 1. The number of nitrogens with one attached hydrogen (secondary N) is 2. The average molecular weight is 478 g/mol. The molecule has 2 aromatic rings. The van der Waals surface area contributed by atoms with Gasteiger partial charge in [0.05, 0.1) is 0 Å². The number of hydrogen-bond acceptors (Lipinski definition) is 5. The summed E-state index contributed by atoms with van der Waals surface area (Å²) in [6.07, 6.45) is 2.02. The summed E-state index contributed by atoms with van der Waals surface area (Å²) in [7, 11) is 0. The summed E-state index contributed by atoms with van der Waals surface area (Å²) in [5.74, 6) is -1.48. The average Bonchev–Trinajstić information content (AvgIpc) is 3.00. The molecule has 0 radical (unpaired) electrons. The number of carbonyl (C=O) groups is 4. The second kappa shape index (κ2) is 9.52. The highest BCUT2D eigenvalue weighted by Gasteiger charge is 2.56. The predicted octanol–water partition coefficient (Wildman–Crippen LogP) is 3.97. The van der Waals surface area contributed by atoms with Gasteiger partial charge in [-0.05, 0) is 42.2 Å². The van der Waals surface area contributed by atoms with E-state index in [4.69, 9.17) is 4.74 Å². The number of rotatable bonds is 6. The minimum absolute atomic E-state index is 0.106. The molecule has 4 rings (SSSR count). The minimum Gasteiger partial charge on any atom is -0.454 e. The summed E-state index contributed by atoms with van der Waals surface area (Å²) in [4.78, 5) is 51.5. The van der Waals surface area contributed by atoms with Gasteiger partial charge >= 0.3 is 12.0 Å². The Bertz CT molecular complexity index is 1150. The lowest BCUT2D eigenvalue weighted by Crippen LogP contribution is -2.54. The molecule has 184 valence electrons. The van der Waals surface area contributed by atoms with Crippen LogP contribution >= 0.6 is 0 Å². The first-order chi connectivity index (χ1) is 16.6. The summed E-state index contributed by atoms with van der Waals surface area (Å²) in [6.45, 7) is 5.16. The normalized spacial score (nSPS) is 23.2. The highest BCUT2D eigenvalue weighted by molar-refractivity contribution is 6.09. The van der Waals surface area contributed by atoms with Gasteiger partial charge in [0.1, 0.15) is 12.1 Å². The maximum absolute atomic E-state index is 13.2. The van der Waals surface area contributed by atoms with Crippen molar-refractivity contribution in [2.24, 2.45) is 11.3 Å². The fraction of sp³-hybridized carbons (Fsp3) is 0.407. The summed E-state index contributed by atoms with van der Waals surface area (Å²) in [5.41, 5.74) is 1.27. The smallest absolute Gasteiger partial charge is 0.326 e. The van der Waals surface area contributed by atoms with Crippen LogP contribution in [0.5, 0.6) is 0 Å². The molecule has 2 unspecified atom stereocenters. The number of hydrogen-bond donors (Lipinski definition) is 2. The van der Waals surface area contributed by atoms with Gasteiger partial charge in [0.25, 0.3) is 11.8 Å². The van der Waals surface area contributed by atoms with Gasteiger partial charge in [-0.15, -0.1) is 0 Å². The Morgan fingerprint density at radius 1 is 1.06 bits per heavy atom. The van der Waals surface area contributed by atoms with Gasteiger partial charge in [0.15, 0.2) is 6.61 Å². The zero-order valence-electron chi connectivity index (χ0n) is 20.3. The van der Waals surface area contributed by atoms with Crippen molar-refractivity contribution in [1.82, 2.24) is 10.2 Å².